The molecule has 0 aromatic heterocycles. The Morgan fingerprint density at radius 3 is 2.47 bits per heavy atom. The van der Waals surface area contributed by atoms with Crippen LogP contribution in [0.4, 0.5) is 0 Å². The number of ether oxygens (including phenoxy) is 1. The van der Waals surface area contributed by atoms with Gasteiger partial charge >= 0.3 is 13.1 Å². The molecule has 0 amide bonds. The van der Waals surface area contributed by atoms with Gasteiger partial charge in [-0.15, -0.1) is 0 Å². The van der Waals surface area contributed by atoms with E-state index in [1.165, 1.54) is 0 Å². The Balaban J connectivity index is 1.98. The van der Waals surface area contributed by atoms with Crippen molar-refractivity contribution in [3.05, 3.63) is 11.5 Å². The number of carbonyl (C=O) groups is 1. The van der Waals surface area contributed by atoms with E-state index in [0.29, 0.717) is 13.0 Å². The van der Waals surface area contributed by atoms with Crippen LogP contribution in [0.1, 0.15) is 47.5 Å². The first-order valence-electron chi connectivity index (χ1n) is 6.98. The summed E-state index contributed by atoms with van der Waals surface area (Å²) >= 11 is 0. The lowest BCUT2D eigenvalue weighted by molar-refractivity contribution is -0.147. The third-order valence-electron chi connectivity index (χ3n) is 4.32. The summed E-state index contributed by atoms with van der Waals surface area (Å²) in [5, 5.41) is 0. The molecule has 19 heavy (non-hydrogen) atoms. The summed E-state index contributed by atoms with van der Waals surface area (Å²) in [6, 6.07) is 0. The fourth-order valence-electron chi connectivity index (χ4n) is 2.37. The van der Waals surface area contributed by atoms with Crippen molar-refractivity contribution >= 4 is 13.1 Å². The first kappa shape index (κ1) is 14.6. The standard InChI is InChI=1S/C14H23BO4/c1-6-17-12(16)10-7-8-11(9-10)15-18-13(2,3)14(4,5)19-15/h8,10H,6-7,9H2,1-5H3. The molecule has 0 spiro atoms. The molecular formula is C14H23BO4. The summed E-state index contributed by atoms with van der Waals surface area (Å²) in [7, 11) is -0.329. The minimum atomic E-state index is -0.333. The van der Waals surface area contributed by atoms with Gasteiger partial charge in [-0.1, -0.05) is 6.08 Å². The van der Waals surface area contributed by atoms with Crippen molar-refractivity contribution < 1.29 is 18.8 Å². The van der Waals surface area contributed by atoms with Crippen molar-refractivity contribution in [3.8, 4) is 0 Å². The molecular weight excluding hydrogens is 243 g/mol. The molecule has 0 saturated carbocycles. The van der Waals surface area contributed by atoms with Crippen molar-refractivity contribution in [3.63, 3.8) is 0 Å². The van der Waals surface area contributed by atoms with Crippen LogP contribution in [-0.2, 0) is 18.8 Å². The highest BCUT2D eigenvalue weighted by molar-refractivity contribution is 6.54. The zero-order chi connectivity index (χ0) is 14.3. The van der Waals surface area contributed by atoms with Crippen molar-refractivity contribution in [1.29, 1.82) is 0 Å². The Labute approximate surface area is 115 Å². The summed E-state index contributed by atoms with van der Waals surface area (Å²) in [6.45, 7) is 10.4. The molecule has 1 unspecified atom stereocenters. The van der Waals surface area contributed by atoms with E-state index in [1.807, 2.05) is 34.6 Å². The Morgan fingerprint density at radius 2 is 1.95 bits per heavy atom. The van der Waals surface area contributed by atoms with Crippen LogP contribution >= 0.6 is 0 Å². The SMILES string of the molecule is CCOC(=O)C1CC=C(B2OC(C)(C)C(C)(C)O2)C1. The molecule has 4 nitrogen and oxygen atoms in total. The molecule has 0 N–H and O–H groups in total. The monoisotopic (exact) mass is 266 g/mol. The van der Waals surface area contributed by atoms with Gasteiger partial charge in [0.1, 0.15) is 0 Å². The summed E-state index contributed by atoms with van der Waals surface area (Å²) in [6.07, 6.45) is 3.46. The molecule has 1 heterocycles. The molecule has 1 aliphatic heterocycles. The van der Waals surface area contributed by atoms with E-state index in [1.54, 1.807) is 0 Å². The summed E-state index contributed by atoms with van der Waals surface area (Å²) < 4.78 is 17.1. The van der Waals surface area contributed by atoms with Gasteiger partial charge < -0.3 is 14.0 Å². The molecule has 106 valence electrons. The van der Waals surface area contributed by atoms with E-state index in [4.69, 9.17) is 14.0 Å². The number of hydrogen-bond donors (Lipinski definition) is 0. The number of rotatable bonds is 3. The molecule has 5 heteroatoms. The highest BCUT2D eigenvalue weighted by Crippen LogP contribution is 2.41. The molecule has 0 aromatic rings. The Kier molecular flexibility index (Phi) is 3.80. The Morgan fingerprint density at radius 1 is 1.37 bits per heavy atom. The van der Waals surface area contributed by atoms with E-state index in [9.17, 15) is 4.79 Å². The number of hydrogen-bond acceptors (Lipinski definition) is 4. The van der Waals surface area contributed by atoms with Crippen molar-refractivity contribution in [2.45, 2.75) is 58.7 Å². The van der Waals surface area contributed by atoms with Crippen LogP contribution in [0, 0.1) is 5.92 Å². The quantitative estimate of drug-likeness (QED) is 0.581. The van der Waals surface area contributed by atoms with E-state index in [0.717, 1.165) is 11.9 Å². The van der Waals surface area contributed by atoms with E-state index >= 15 is 0 Å². The van der Waals surface area contributed by atoms with E-state index < -0.39 is 0 Å². The second-order valence-electron chi connectivity index (χ2n) is 6.26. The van der Waals surface area contributed by atoms with Crippen LogP contribution < -0.4 is 0 Å². The number of esters is 1. The van der Waals surface area contributed by atoms with Crippen LogP contribution in [0.15, 0.2) is 11.5 Å². The van der Waals surface area contributed by atoms with Crippen LogP contribution in [0.3, 0.4) is 0 Å². The Bertz CT molecular complexity index is 384. The molecule has 1 fully saturated rings. The topological polar surface area (TPSA) is 44.8 Å². The summed E-state index contributed by atoms with van der Waals surface area (Å²) in [5.41, 5.74) is 0.401. The van der Waals surface area contributed by atoms with Gasteiger partial charge in [0.15, 0.2) is 0 Å². The second kappa shape index (κ2) is 4.95. The molecule has 1 saturated heterocycles. The average molecular weight is 266 g/mol. The van der Waals surface area contributed by atoms with Crippen LogP contribution in [-0.4, -0.2) is 30.9 Å². The van der Waals surface area contributed by atoms with Gasteiger partial charge in [0.05, 0.1) is 23.7 Å². The number of allylic oxidation sites excluding steroid dienone is 2. The zero-order valence-electron chi connectivity index (χ0n) is 12.5. The first-order chi connectivity index (χ1) is 8.77. The van der Waals surface area contributed by atoms with E-state index in [-0.39, 0.29) is 30.2 Å². The number of carbonyl (C=O) groups excluding carboxylic acids is 1. The normalized spacial score (nSPS) is 28.4. The Hall–Kier alpha value is -0.805. The zero-order valence-corrected chi connectivity index (χ0v) is 12.5. The summed E-state index contributed by atoms with van der Waals surface area (Å²) in [4.78, 5) is 11.7. The highest BCUT2D eigenvalue weighted by atomic mass is 16.7. The third kappa shape index (κ3) is 2.72. The van der Waals surface area contributed by atoms with Crippen molar-refractivity contribution in [1.82, 2.24) is 0 Å². The van der Waals surface area contributed by atoms with Gasteiger partial charge in [-0.25, -0.2) is 0 Å². The van der Waals surface area contributed by atoms with Crippen molar-refractivity contribution in [2.24, 2.45) is 5.92 Å². The predicted octanol–water partition coefficient (Wildman–Crippen LogP) is 2.52. The van der Waals surface area contributed by atoms with E-state index in [2.05, 4.69) is 6.08 Å². The fraction of sp³-hybridized carbons (Fsp3) is 0.786. The first-order valence-corrected chi connectivity index (χ1v) is 6.98. The maximum atomic E-state index is 11.7. The molecule has 1 atom stereocenters. The maximum absolute atomic E-state index is 11.7. The van der Waals surface area contributed by atoms with Gasteiger partial charge in [-0.3, -0.25) is 4.79 Å². The summed E-state index contributed by atoms with van der Waals surface area (Å²) in [5.74, 6) is -0.195. The molecule has 0 bridgehead atoms. The molecule has 1 aliphatic carbocycles. The highest BCUT2D eigenvalue weighted by Gasteiger charge is 2.53. The van der Waals surface area contributed by atoms with Crippen LogP contribution in [0.25, 0.3) is 0 Å². The minimum absolute atomic E-state index is 0.0750. The lowest BCUT2D eigenvalue weighted by Gasteiger charge is -2.32. The maximum Gasteiger partial charge on any atom is 0.490 e. The molecule has 2 rings (SSSR count). The molecule has 0 aromatic carbocycles. The van der Waals surface area contributed by atoms with Gasteiger partial charge in [0, 0.05) is 0 Å². The van der Waals surface area contributed by atoms with Crippen LogP contribution in [0.2, 0.25) is 0 Å². The lowest BCUT2D eigenvalue weighted by atomic mass is 9.77. The van der Waals surface area contributed by atoms with Gasteiger partial charge in [-0.05, 0) is 52.9 Å². The minimum Gasteiger partial charge on any atom is -0.466 e. The predicted molar refractivity (Wildman–Crippen MR) is 73.5 cm³/mol. The fourth-order valence-corrected chi connectivity index (χ4v) is 2.37. The molecule has 2 aliphatic rings. The van der Waals surface area contributed by atoms with Crippen molar-refractivity contribution in [2.75, 3.05) is 6.61 Å². The third-order valence-corrected chi connectivity index (χ3v) is 4.32. The smallest absolute Gasteiger partial charge is 0.466 e. The van der Waals surface area contributed by atoms with Gasteiger partial charge in [-0.2, -0.15) is 0 Å². The van der Waals surface area contributed by atoms with Gasteiger partial charge in [0.25, 0.3) is 0 Å². The average Bonchev–Trinajstić information content (AvgIpc) is 2.83. The van der Waals surface area contributed by atoms with Crippen LogP contribution in [0.5, 0.6) is 0 Å². The molecule has 0 radical (unpaired) electrons. The lowest BCUT2D eigenvalue weighted by Crippen LogP contribution is -2.41. The van der Waals surface area contributed by atoms with Gasteiger partial charge in [0.2, 0.25) is 0 Å². The second-order valence-corrected chi connectivity index (χ2v) is 6.26. The largest absolute Gasteiger partial charge is 0.490 e.